The Morgan fingerprint density at radius 2 is 1.86 bits per heavy atom. The third kappa shape index (κ3) is 4.62. The number of carbonyl (C=O) groups excluding carboxylic acids is 1. The van der Waals surface area contributed by atoms with Crippen molar-refractivity contribution in [3.63, 3.8) is 0 Å². The number of hydrazone groups is 1. The third-order valence-electron chi connectivity index (χ3n) is 4.93. The lowest BCUT2D eigenvalue weighted by Gasteiger charge is -2.19. The summed E-state index contributed by atoms with van der Waals surface area (Å²) in [7, 11) is 0. The van der Waals surface area contributed by atoms with E-state index < -0.39 is 0 Å². The van der Waals surface area contributed by atoms with E-state index in [9.17, 15) is 9.59 Å². The minimum absolute atomic E-state index is 0.0408. The average molecular weight is 411 g/mol. The molecule has 2 heterocycles. The van der Waals surface area contributed by atoms with Gasteiger partial charge in [-0.1, -0.05) is 45.0 Å². The number of H-pyrrole nitrogens is 1. The van der Waals surface area contributed by atoms with Crippen molar-refractivity contribution >= 4 is 33.2 Å². The Morgan fingerprint density at radius 1 is 1.21 bits per heavy atom. The molecule has 0 aliphatic heterocycles. The van der Waals surface area contributed by atoms with Crippen LogP contribution in [0, 0.1) is 13.8 Å². The second-order valence-electron chi connectivity index (χ2n) is 8.21. The highest BCUT2D eigenvalue weighted by Crippen LogP contribution is 2.25. The molecule has 0 saturated heterocycles. The molecule has 152 valence electrons. The lowest BCUT2D eigenvalue weighted by atomic mass is 9.86. The van der Waals surface area contributed by atoms with E-state index in [2.05, 4.69) is 53.4 Å². The second-order valence-corrected chi connectivity index (χ2v) is 9.42. The van der Waals surface area contributed by atoms with E-state index in [4.69, 9.17) is 0 Å². The van der Waals surface area contributed by atoms with Crippen LogP contribution in [0.1, 0.15) is 55.1 Å². The molecule has 0 aliphatic rings. The van der Waals surface area contributed by atoms with Gasteiger partial charge in [-0.15, -0.1) is 11.3 Å². The van der Waals surface area contributed by atoms with Crippen LogP contribution in [-0.2, 0) is 16.6 Å². The van der Waals surface area contributed by atoms with Gasteiger partial charge in [0.1, 0.15) is 10.7 Å². The molecule has 2 aromatic heterocycles. The van der Waals surface area contributed by atoms with Gasteiger partial charge in [0.05, 0.1) is 17.5 Å². The van der Waals surface area contributed by atoms with Crippen LogP contribution in [0.2, 0.25) is 0 Å². The van der Waals surface area contributed by atoms with E-state index in [1.54, 1.807) is 0 Å². The molecule has 3 rings (SSSR count). The van der Waals surface area contributed by atoms with Crippen molar-refractivity contribution < 1.29 is 4.79 Å². The summed E-state index contributed by atoms with van der Waals surface area (Å²) in [6, 6.07) is 8.15. The molecule has 1 amide bonds. The molecule has 6 nitrogen and oxygen atoms in total. The van der Waals surface area contributed by atoms with Crippen molar-refractivity contribution in [3.8, 4) is 0 Å². The van der Waals surface area contributed by atoms with Gasteiger partial charge in [0.15, 0.2) is 0 Å². The topological polar surface area (TPSA) is 87.2 Å². The fourth-order valence-electron chi connectivity index (χ4n) is 3.00. The molecule has 0 unspecified atom stereocenters. The zero-order valence-corrected chi connectivity index (χ0v) is 18.5. The molecule has 0 spiro atoms. The standard InChI is InChI=1S/C22H26N4O2S/c1-12-14(3)29-21-19(12)20(28)23-17(24-21)11-18(27)26-25-13(2)15-7-9-16(10-8-15)22(4,5)6/h7-10H,11H2,1-6H3,(H,26,27)(H,23,24,28)/b25-13+. The number of rotatable bonds is 4. The number of hydrogen-bond acceptors (Lipinski definition) is 5. The van der Waals surface area contributed by atoms with Crippen molar-refractivity contribution in [2.45, 2.75) is 53.4 Å². The second kappa shape index (κ2) is 7.91. The molecule has 29 heavy (non-hydrogen) atoms. The Morgan fingerprint density at radius 3 is 2.48 bits per heavy atom. The molecule has 2 N–H and O–H groups in total. The van der Waals surface area contributed by atoms with Gasteiger partial charge in [0.25, 0.3) is 5.56 Å². The van der Waals surface area contributed by atoms with Crippen LogP contribution in [0.15, 0.2) is 34.2 Å². The first-order valence-electron chi connectivity index (χ1n) is 9.49. The summed E-state index contributed by atoms with van der Waals surface area (Å²) in [6.07, 6.45) is -0.0408. The zero-order valence-electron chi connectivity index (χ0n) is 17.6. The van der Waals surface area contributed by atoms with Crippen LogP contribution < -0.4 is 11.0 Å². The molecule has 0 aliphatic carbocycles. The average Bonchev–Trinajstić information content (AvgIpc) is 2.93. The Bertz CT molecular complexity index is 1150. The largest absolute Gasteiger partial charge is 0.309 e. The molecule has 0 saturated carbocycles. The van der Waals surface area contributed by atoms with Crippen LogP contribution >= 0.6 is 11.3 Å². The van der Waals surface area contributed by atoms with Crippen LogP contribution in [0.5, 0.6) is 0 Å². The summed E-state index contributed by atoms with van der Waals surface area (Å²) >= 11 is 1.46. The van der Waals surface area contributed by atoms with Gasteiger partial charge in [-0.3, -0.25) is 9.59 Å². The maximum atomic E-state index is 12.3. The monoisotopic (exact) mass is 410 g/mol. The van der Waals surface area contributed by atoms with Crippen molar-refractivity contribution in [2.75, 3.05) is 0 Å². The van der Waals surface area contributed by atoms with E-state index >= 15 is 0 Å². The van der Waals surface area contributed by atoms with Gasteiger partial charge in [-0.25, -0.2) is 10.4 Å². The number of hydrogen-bond donors (Lipinski definition) is 2. The smallest absolute Gasteiger partial charge is 0.259 e. The van der Waals surface area contributed by atoms with Crippen molar-refractivity contribution in [1.29, 1.82) is 0 Å². The first-order chi connectivity index (χ1) is 13.6. The Labute approximate surface area is 174 Å². The summed E-state index contributed by atoms with van der Waals surface area (Å²) < 4.78 is 0. The molecule has 1 aromatic carbocycles. The predicted octanol–water partition coefficient (Wildman–Crippen LogP) is 3.98. The molecule has 0 bridgehead atoms. The van der Waals surface area contributed by atoms with E-state index in [1.165, 1.54) is 16.9 Å². The van der Waals surface area contributed by atoms with Crippen molar-refractivity contribution in [2.24, 2.45) is 5.10 Å². The first kappa shape index (κ1) is 20.9. The number of carbonyl (C=O) groups is 1. The number of benzene rings is 1. The minimum Gasteiger partial charge on any atom is -0.309 e. The van der Waals surface area contributed by atoms with E-state index in [0.717, 1.165) is 16.0 Å². The van der Waals surface area contributed by atoms with Gasteiger partial charge in [-0.05, 0) is 42.9 Å². The Kier molecular flexibility index (Phi) is 5.71. The number of fused-ring (bicyclic) bond motifs is 1. The molecule has 0 atom stereocenters. The van der Waals surface area contributed by atoms with Crippen LogP contribution in [-0.4, -0.2) is 21.6 Å². The fourth-order valence-corrected chi connectivity index (χ4v) is 4.05. The maximum absolute atomic E-state index is 12.3. The van der Waals surface area contributed by atoms with E-state index in [-0.39, 0.29) is 23.3 Å². The van der Waals surface area contributed by atoms with Gasteiger partial charge < -0.3 is 4.98 Å². The van der Waals surface area contributed by atoms with E-state index in [0.29, 0.717) is 21.8 Å². The molecule has 7 heteroatoms. The number of nitrogens with one attached hydrogen (secondary N) is 2. The van der Waals surface area contributed by atoms with Gasteiger partial charge in [0.2, 0.25) is 5.91 Å². The molecular formula is C22H26N4O2S. The Balaban J connectivity index is 1.70. The minimum atomic E-state index is -0.330. The van der Waals surface area contributed by atoms with Crippen LogP contribution in [0.25, 0.3) is 10.2 Å². The van der Waals surface area contributed by atoms with Crippen molar-refractivity contribution in [3.05, 3.63) is 62.0 Å². The molecular weight excluding hydrogens is 384 g/mol. The predicted molar refractivity (Wildman–Crippen MR) is 119 cm³/mol. The van der Waals surface area contributed by atoms with Gasteiger partial charge in [0, 0.05) is 4.88 Å². The Hall–Kier alpha value is -2.80. The molecule has 0 radical (unpaired) electrons. The highest BCUT2D eigenvalue weighted by atomic mass is 32.1. The number of aromatic amines is 1. The SMILES string of the molecule is C/C(=N\NC(=O)Cc1nc2sc(C)c(C)c2c(=O)[nH]1)c1ccc(C(C)(C)C)cc1. The van der Waals surface area contributed by atoms with E-state index in [1.807, 2.05) is 32.9 Å². The number of aromatic nitrogens is 2. The summed E-state index contributed by atoms with van der Waals surface area (Å²) in [6.45, 7) is 12.2. The lowest BCUT2D eigenvalue weighted by molar-refractivity contribution is -0.120. The lowest BCUT2D eigenvalue weighted by Crippen LogP contribution is -2.24. The first-order valence-corrected chi connectivity index (χ1v) is 10.3. The molecule has 0 fully saturated rings. The summed E-state index contributed by atoms with van der Waals surface area (Å²) in [5.41, 5.74) is 6.25. The highest BCUT2D eigenvalue weighted by Gasteiger charge is 2.14. The number of amides is 1. The highest BCUT2D eigenvalue weighted by molar-refractivity contribution is 7.18. The maximum Gasteiger partial charge on any atom is 0.259 e. The van der Waals surface area contributed by atoms with Gasteiger partial charge >= 0.3 is 0 Å². The van der Waals surface area contributed by atoms with Crippen LogP contribution in [0.4, 0.5) is 0 Å². The number of aryl methyl sites for hydroxylation is 2. The molecule has 3 aromatic rings. The number of nitrogens with zero attached hydrogens (tertiary/aromatic N) is 2. The normalized spacial score (nSPS) is 12.4. The quantitative estimate of drug-likeness (QED) is 0.504. The fraction of sp³-hybridized carbons (Fsp3) is 0.364. The van der Waals surface area contributed by atoms with Crippen molar-refractivity contribution in [1.82, 2.24) is 15.4 Å². The van der Waals surface area contributed by atoms with Crippen LogP contribution in [0.3, 0.4) is 0 Å². The third-order valence-corrected chi connectivity index (χ3v) is 6.03. The van der Waals surface area contributed by atoms with Gasteiger partial charge in [-0.2, -0.15) is 5.10 Å². The summed E-state index contributed by atoms with van der Waals surface area (Å²) in [5, 5.41) is 4.79. The number of thiophene rings is 1. The summed E-state index contributed by atoms with van der Waals surface area (Å²) in [4.78, 5) is 33.4. The summed E-state index contributed by atoms with van der Waals surface area (Å²) in [5.74, 6) is 0.00629. The zero-order chi connectivity index (χ0) is 21.3.